The van der Waals surface area contributed by atoms with Gasteiger partial charge in [-0.1, -0.05) is 35.9 Å². The fraction of sp³-hybridized carbons (Fsp3) is 0.320. The molecule has 10 heteroatoms. The van der Waals surface area contributed by atoms with Crippen LogP contribution in [0.15, 0.2) is 64.6 Å². The second kappa shape index (κ2) is 10.5. The molecule has 4 rings (SSSR count). The number of hydrogen-bond donors (Lipinski definition) is 1. The smallest absolute Gasteiger partial charge is 0.254 e. The predicted octanol–water partition coefficient (Wildman–Crippen LogP) is 2.25. The lowest BCUT2D eigenvalue weighted by atomic mass is 10.2. The van der Waals surface area contributed by atoms with E-state index in [0.29, 0.717) is 31.1 Å². The molecule has 2 heterocycles. The zero-order valence-corrected chi connectivity index (χ0v) is 21.0. The summed E-state index contributed by atoms with van der Waals surface area (Å²) in [6, 6.07) is 16.7. The van der Waals surface area contributed by atoms with Crippen molar-refractivity contribution in [3.63, 3.8) is 0 Å². The highest BCUT2D eigenvalue weighted by Crippen LogP contribution is 2.18. The van der Waals surface area contributed by atoms with Crippen LogP contribution in [0.2, 0.25) is 0 Å². The number of sulfonamides is 1. The molecule has 9 nitrogen and oxygen atoms in total. The second-order valence-electron chi connectivity index (χ2n) is 8.62. The van der Waals surface area contributed by atoms with Crippen LogP contribution in [0.5, 0.6) is 0 Å². The van der Waals surface area contributed by atoms with Crippen LogP contribution in [0.25, 0.3) is 5.69 Å². The molecule has 0 aliphatic carbocycles. The molecule has 0 atom stereocenters. The fourth-order valence-electron chi connectivity index (χ4n) is 4.06. The number of carbonyl (C=O) groups is 1. The Hall–Kier alpha value is -3.34. The fourth-order valence-corrected chi connectivity index (χ4v) is 5.48. The molecule has 0 bridgehead atoms. The number of aryl methyl sites for hydroxylation is 2. The van der Waals surface area contributed by atoms with E-state index in [2.05, 4.69) is 15.6 Å². The number of carbonyl (C=O) groups excluding carboxylic acids is 1. The quantitative estimate of drug-likeness (QED) is 0.401. The van der Waals surface area contributed by atoms with Crippen LogP contribution >= 0.6 is 0 Å². The van der Waals surface area contributed by atoms with Gasteiger partial charge in [0.25, 0.3) is 5.91 Å². The van der Waals surface area contributed by atoms with E-state index in [9.17, 15) is 13.2 Å². The number of para-hydroxylation sites is 1. The van der Waals surface area contributed by atoms with Crippen LogP contribution in [-0.2, 0) is 14.8 Å². The third kappa shape index (κ3) is 5.67. The summed E-state index contributed by atoms with van der Waals surface area (Å²) in [6.07, 6.45) is 1.61. The topological polar surface area (TPSA) is 99.9 Å². The Kier molecular flexibility index (Phi) is 7.44. The van der Waals surface area contributed by atoms with E-state index >= 15 is 0 Å². The molecule has 1 fully saturated rings. The second-order valence-corrected chi connectivity index (χ2v) is 10.6. The van der Waals surface area contributed by atoms with Crippen molar-refractivity contribution < 1.29 is 13.2 Å². The highest BCUT2D eigenvalue weighted by Gasteiger charge is 2.29. The zero-order valence-electron chi connectivity index (χ0n) is 20.2. The highest BCUT2D eigenvalue weighted by atomic mass is 32.2. The monoisotopic (exact) mass is 494 g/mol. The number of aromatic nitrogens is 2. The Morgan fingerprint density at radius 3 is 2.31 bits per heavy atom. The Balaban J connectivity index is 1.30. The maximum Gasteiger partial charge on any atom is 0.254 e. The van der Waals surface area contributed by atoms with Gasteiger partial charge in [-0.15, -0.1) is 0 Å². The van der Waals surface area contributed by atoms with Crippen LogP contribution in [0.1, 0.15) is 22.5 Å². The maximum atomic E-state index is 12.9. The van der Waals surface area contributed by atoms with Gasteiger partial charge in [-0.3, -0.25) is 9.69 Å². The average Bonchev–Trinajstić information content (AvgIpc) is 3.13. The minimum Gasteiger partial charge on any atom is -0.292 e. The lowest BCUT2D eigenvalue weighted by molar-refractivity contribution is -0.122. The van der Waals surface area contributed by atoms with Gasteiger partial charge in [-0.2, -0.15) is 14.5 Å². The largest absolute Gasteiger partial charge is 0.292 e. The molecule has 184 valence electrons. The van der Waals surface area contributed by atoms with Crippen LogP contribution in [0.3, 0.4) is 0 Å². The van der Waals surface area contributed by atoms with Crippen molar-refractivity contribution in [1.82, 2.24) is 24.4 Å². The van der Waals surface area contributed by atoms with Crippen LogP contribution in [0, 0.1) is 20.8 Å². The van der Waals surface area contributed by atoms with Crippen molar-refractivity contribution in [2.45, 2.75) is 25.7 Å². The summed E-state index contributed by atoms with van der Waals surface area (Å²) in [4.78, 5) is 14.6. The zero-order chi connectivity index (χ0) is 25.0. The molecule has 1 N–H and O–H groups in total. The summed E-state index contributed by atoms with van der Waals surface area (Å²) in [7, 11) is -3.53. The molecular weight excluding hydrogens is 464 g/mol. The Morgan fingerprint density at radius 2 is 1.66 bits per heavy atom. The van der Waals surface area contributed by atoms with E-state index < -0.39 is 10.0 Å². The number of nitrogens with one attached hydrogen (secondary N) is 1. The van der Waals surface area contributed by atoms with Crippen LogP contribution in [-0.4, -0.2) is 72.2 Å². The number of hydrogen-bond acceptors (Lipinski definition) is 6. The molecule has 0 radical (unpaired) electrons. The average molecular weight is 495 g/mol. The molecule has 3 aromatic rings. The number of piperazine rings is 1. The van der Waals surface area contributed by atoms with Gasteiger partial charge < -0.3 is 0 Å². The molecular formula is C25H30N6O3S. The third-order valence-corrected chi connectivity index (χ3v) is 8.00. The first-order valence-corrected chi connectivity index (χ1v) is 12.9. The summed E-state index contributed by atoms with van der Waals surface area (Å²) in [6.45, 7) is 7.56. The van der Waals surface area contributed by atoms with Gasteiger partial charge in [0.05, 0.1) is 34.7 Å². The van der Waals surface area contributed by atoms with E-state index in [4.69, 9.17) is 0 Å². The van der Waals surface area contributed by atoms with E-state index in [1.165, 1.54) is 4.31 Å². The lowest BCUT2D eigenvalue weighted by Crippen LogP contribution is -2.50. The molecule has 1 aliphatic rings. The third-order valence-electron chi connectivity index (χ3n) is 6.09. The maximum absolute atomic E-state index is 12.9. The Morgan fingerprint density at radius 1 is 1.00 bits per heavy atom. The van der Waals surface area contributed by atoms with Crippen LogP contribution in [0.4, 0.5) is 0 Å². The van der Waals surface area contributed by atoms with E-state index in [0.717, 1.165) is 28.2 Å². The van der Waals surface area contributed by atoms with Crippen molar-refractivity contribution in [3.05, 3.63) is 77.1 Å². The lowest BCUT2D eigenvalue weighted by Gasteiger charge is -2.33. The molecule has 0 spiro atoms. The van der Waals surface area contributed by atoms with Gasteiger partial charge in [0, 0.05) is 31.7 Å². The summed E-state index contributed by atoms with van der Waals surface area (Å²) in [5, 5.41) is 8.70. The molecule has 1 saturated heterocycles. The van der Waals surface area contributed by atoms with Gasteiger partial charge in [0.15, 0.2) is 0 Å². The van der Waals surface area contributed by atoms with Crippen molar-refractivity contribution in [2.24, 2.45) is 5.10 Å². The summed E-state index contributed by atoms with van der Waals surface area (Å²) in [5.74, 6) is -0.248. The minimum absolute atomic E-state index is 0.150. The van der Waals surface area contributed by atoms with Crippen molar-refractivity contribution in [1.29, 1.82) is 0 Å². The van der Waals surface area contributed by atoms with E-state index in [1.807, 2.05) is 60.7 Å². The first-order chi connectivity index (χ1) is 16.8. The Labute approximate surface area is 206 Å². The normalized spacial score (nSPS) is 15.5. The number of benzene rings is 2. The Bertz CT molecular complexity index is 1310. The van der Waals surface area contributed by atoms with Gasteiger partial charge >= 0.3 is 0 Å². The number of nitrogens with zero attached hydrogens (tertiary/aromatic N) is 5. The summed E-state index contributed by atoms with van der Waals surface area (Å²) < 4.78 is 29.0. The molecule has 0 unspecified atom stereocenters. The first kappa shape index (κ1) is 24.8. The number of amides is 1. The van der Waals surface area contributed by atoms with Gasteiger partial charge in [0.2, 0.25) is 10.0 Å². The standard InChI is InChI=1S/C25H30N6O3S/c1-19-9-11-23(12-10-19)35(33,34)30-15-13-29(14-16-30)18-25(32)27-26-17-24-20(2)28-31(21(24)3)22-7-5-4-6-8-22/h4-12,17H,13-16,18H2,1-3H3,(H,27,32)/b26-17+. The summed E-state index contributed by atoms with van der Waals surface area (Å²) in [5.41, 5.74) is 7.14. The molecule has 35 heavy (non-hydrogen) atoms. The van der Waals surface area contributed by atoms with Crippen LogP contribution < -0.4 is 5.43 Å². The predicted molar refractivity (Wildman–Crippen MR) is 135 cm³/mol. The molecule has 1 aromatic heterocycles. The molecule has 0 saturated carbocycles. The summed E-state index contributed by atoms with van der Waals surface area (Å²) >= 11 is 0. The minimum atomic E-state index is -3.53. The molecule has 1 aliphatic heterocycles. The van der Waals surface area contributed by atoms with E-state index in [-0.39, 0.29) is 12.5 Å². The van der Waals surface area contributed by atoms with Gasteiger partial charge in [-0.05, 0) is 45.0 Å². The molecule has 2 aromatic carbocycles. The van der Waals surface area contributed by atoms with Gasteiger partial charge in [-0.25, -0.2) is 18.5 Å². The molecule has 1 amide bonds. The van der Waals surface area contributed by atoms with Crippen molar-refractivity contribution in [2.75, 3.05) is 32.7 Å². The van der Waals surface area contributed by atoms with Gasteiger partial charge in [0.1, 0.15) is 0 Å². The van der Waals surface area contributed by atoms with E-state index in [1.54, 1.807) is 30.5 Å². The first-order valence-electron chi connectivity index (χ1n) is 11.5. The number of rotatable bonds is 7. The highest BCUT2D eigenvalue weighted by molar-refractivity contribution is 7.89. The SMILES string of the molecule is Cc1ccc(S(=O)(=O)N2CCN(CC(=O)N/N=C/c3c(C)nn(-c4ccccc4)c3C)CC2)cc1. The van der Waals surface area contributed by atoms with Crippen molar-refractivity contribution >= 4 is 22.1 Å². The van der Waals surface area contributed by atoms with Crippen molar-refractivity contribution in [3.8, 4) is 5.69 Å². The number of hydrazone groups is 1.